The zero-order chi connectivity index (χ0) is 19.6. The number of benzene rings is 1. The molecular weight excluding hydrogens is 395 g/mol. The van der Waals surface area contributed by atoms with Crippen LogP contribution < -0.4 is 0 Å². The number of hydrogen-bond donors (Lipinski definition) is 0. The number of nitrogens with zero attached hydrogens (tertiary/aromatic N) is 4. The van der Waals surface area contributed by atoms with E-state index in [1.807, 2.05) is 0 Å². The Morgan fingerprint density at radius 1 is 1.26 bits per heavy atom. The SMILES string of the molecule is Cn1cc(/C=C/C(=O)N2CCN(S(=O)(=O)c3ccc(F)c(Cl)c3)CC2)cn1. The molecule has 1 aromatic carbocycles. The highest BCUT2D eigenvalue weighted by atomic mass is 35.5. The third kappa shape index (κ3) is 4.37. The molecule has 0 atom stereocenters. The fourth-order valence-electron chi connectivity index (χ4n) is 2.73. The van der Waals surface area contributed by atoms with E-state index >= 15 is 0 Å². The van der Waals surface area contributed by atoms with Gasteiger partial charge in [-0.1, -0.05) is 11.6 Å². The monoisotopic (exact) mass is 412 g/mol. The van der Waals surface area contributed by atoms with Crippen LogP contribution in [0.4, 0.5) is 4.39 Å². The van der Waals surface area contributed by atoms with Gasteiger partial charge in [0.15, 0.2) is 0 Å². The van der Waals surface area contributed by atoms with Gasteiger partial charge in [-0.3, -0.25) is 9.48 Å². The summed E-state index contributed by atoms with van der Waals surface area (Å²) in [6.07, 6.45) is 6.53. The van der Waals surface area contributed by atoms with Crippen molar-refractivity contribution < 1.29 is 17.6 Å². The number of carbonyl (C=O) groups excluding carboxylic acids is 1. The normalized spacial score (nSPS) is 16.2. The van der Waals surface area contributed by atoms with E-state index < -0.39 is 15.8 Å². The fraction of sp³-hybridized carbons (Fsp3) is 0.294. The van der Waals surface area contributed by atoms with Crippen molar-refractivity contribution >= 4 is 33.6 Å². The molecule has 0 saturated carbocycles. The lowest BCUT2D eigenvalue weighted by Crippen LogP contribution is -2.50. The molecule has 0 bridgehead atoms. The highest BCUT2D eigenvalue weighted by Gasteiger charge is 2.30. The van der Waals surface area contributed by atoms with Gasteiger partial charge < -0.3 is 4.90 Å². The topological polar surface area (TPSA) is 75.5 Å². The van der Waals surface area contributed by atoms with Crippen molar-refractivity contribution in [3.05, 3.63) is 53.1 Å². The van der Waals surface area contributed by atoms with Crippen molar-refractivity contribution in [3.63, 3.8) is 0 Å². The molecule has 0 radical (unpaired) electrons. The van der Waals surface area contributed by atoms with Crippen LogP contribution in [0.5, 0.6) is 0 Å². The number of aromatic nitrogens is 2. The lowest BCUT2D eigenvalue weighted by molar-refractivity contribution is -0.127. The van der Waals surface area contributed by atoms with E-state index in [0.29, 0.717) is 0 Å². The first kappa shape index (κ1) is 19.5. The molecule has 27 heavy (non-hydrogen) atoms. The molecule has 1 aromatic heterocycles. The van der Waals surface area contributed by atoms with Crippen molar-refractivity contribution in [2.24, 2.45) is 7.05 Å². The van der Waals surface area contributed by atoms with Crippen molar-refractivity contribution in [3.8, 4) is 0 Å². The van der Waals surface area contributed by atoms with Gasteiger partial charge in [0.25, 0.3) is 0 Å². The molecule has 1 saturated heterocycles. The molecule has 1 aliphatic rings. The summed E-state index contributed by atoms with van der Waals surface area (Å²) in [4.78, 5) is 13.8. The summed E-state index contributed by atoms with van der Waals surface area (Å²) in [5.74, 6) is -0.868. The van der Waals surface area contributed by atoms with Gasteiger partial charge in [-0.2, -0.15) is 9.40 Å². The van der Waals surface area contributed by atoms with Gasteiger partial charge in [-0.25, -0.2) is 12.8 Å². The van der Waals surface area contributed by atoms with Crippen molar-refractivity contribution in [1.29, 1.82) is 0 Å². The van der Waals surface area contributed by atoms with Crippen LogP contribution in [0, 0.1) is 5.82 Å². The molecule has 1 fully saturated rings. The van der Waals surface area contributed by atoms with E-state index in [0.717, 1.165) is 17.7 Å². The van der Waals surface area contributed by atoms with E-state index in [1.54, 1.807) is 35.1 Å². The smallest absolute Gasteiger partial charge is 0.246 e. The fourth-order valence-corrected chi connectivity index (χ4v) is 4.43. The molecule has 7 nitrogen and oxygen atoms in total. The summed E-state index contributed by atoms with van der Waals surface area (Å²) in [7, 11) is -2.00. The number of aryl methyl sites for hydroxylation is 1. The van der Waals surface area contributed by atoms with Crippen LogP contribution in [0.25, 0.3) is 6.08 Å². The number of amides is 1. The van der Waals surface area contributed by atoms with E-state index in [9.17, 15) is 17.6 Å². The van der Waals surface area contributed by atoms with Crippen LogP contribution in [-0.2, 0) is 21.9 Å². The number of carbonyl (C=O) groups is 1. The average Bonchev–Trinajstić information content (AvgIpc) is 3.07. The zero-order valence-corrected chi connectivity index (χ0v) is 16.1. The maximum atomic E-state index is 13.3. The van der Waals surface area contributed by atoms with Crippen LogP contribution in [0.1, 0.15) is 5.56 Å². The largest absolute Gasteiger partial charge is 0.337 e. The predicted molar refractivity (Wildman–Crippen MR) is 99.0 cm³/mol. The highest BCUT2D eigenvalue weighted by Crippen LogP contribution is 2.23. The molecule has 2 aromatic rings. The molecule has 3 rings (SSSR count). The molecule has 1 aliphatic heterocycles. The van der Waals surface area contributed by atoms with Crippen LogP contribution >= 0.6 is 11.6 Å². The number of hydrogen-bond acceptors (Lipinski definition) is 4. The molecule has 0 unspecified atom stereocenters. The minimum Gasteiger partial charge on any atom is -0.337 e. The van der Waals surface area contributed by atoms with Crippen LogP contribution in [0.2, 0.25) is 5.02 Å². The standard InChI is InChI=1S/C17H18ClFN4O3S/c1-21-12-13(11-20-21)2-5-17(24)22-6-8-23(9-7-22)27(25,26)14-3-4-16(19)15(18)10-14/h2-5,10-12H,6-9H2,1H3/b5-2+. The van der Waals surface area contributed by atoms with Gasteiger partial charge in [0.1, 0.15) is 5.82 Å². The molecule has 10 heteroatoms. The van der Waals surface area contributed by atoms with Crippen molar-refractivity contribution in [2.45, 2.75) is 4.90 Å². The van der Waals surface area contributed by atoms with Gasteiger partial charge in [0, 0.05) is 51.1 Å². The molecule has 1 amide bonds. The van der Waals surface area contributed by atoms with Gasteiger partial charge in [0.05, 0.1) is 16.1 Å². The van der Waals surface area contributed by atoms with Crippen LogP contribution in [-0.4, -0.2) is 59.5 Å². The first-order valence-corrected chi connectivity index (χ1v) is 10.00. The summed E-state index contributed by atoms with van der Waals surface area (Å²) in [5, 5.41) is 3.77. The summed E-state index contributed by atoms with van der Waals surface area (Å²) in [6.45, 7) is 0.850. The summed E-state index contributed by atoms with van der Waals surface area (Å²) in [6, 6.07) is 3.31. The highest BCUT2D eigenvalue weighted by molar-refractivity contribution is 7.89. The quantitative estimate of drug-likeness (QED) is 0.717. The van der Waals surface area contributed by atoms with Crippen LogP contribution in [0.3, 0.4) is 0 Å². The summed E-state index contributed by atoms with van der Waals surface area (Å²) in [5.41, 5.74) is 0.806. The van der Waals surface area contributed by atoms with E-state index in [1.165, 1.54) is 16.4 Å². The lowest BCUT2D eigenvalue weighted by Gasteiger charge is -2.33. The minimum absolute atomic E-state index is 0.0647. The number of piperazine rings is 1. The Morgan fingerprint density at radius 2 is 1.96 bits per heavy atom. The molecule has 144 valence electrons. The van der Waals surface area contributed by atoms with Gasteiger partial charge in [0.2, 0.25) is 15.9 Å². The summed E-state index contributed by atoms with van der Waals surface area (Å²) >= 11 is 5.69. The third-order valence-electron chi connectivity index (χ3n) is 4.22. The number of sulfonamides is 1. The Labute approximate surface area is 161 Å². The van der Waals surface area contributed by atoms with E-state index in [2.05, 4.69) is 5.10 Å². The Balaban J connectivity index is 1.63. The second kappa shape index (κ2) is 7.79. The third-order valence-corrected chi connectivity index (χ3v) is 6.41. The Bertz CT molecular complexity index is 982. The van der Waals surface area contributed by atoms with E-state index in [-0.39, 0.29) is 42.0 Å². The van der Waals surface area contributed by atoms with Crippen molar-refractivity contribution in [2.75, 3.05) is 26.2 Å². The number of halogens is 2. The Morgan fingerprint density at radius 3 is 2.56 bits per heavy atom. The first-order valence-electron chi connectivity index (χ1n) is 8.18. The molecule has 0 N–H and O–H groups in total. The average molecular weight is 413 g/mol. The summed E-state index contributed by atoms with van der Waals surface area (Å²) < 4.78 is 41.5. The maximum Gasteiger partial charge on any atom is 0.246 e. The second-order valence-corrected chi connectivity index (χ2v) is 8.43. The predicted octanol–water partition coefficient (Wildman–Crippen LogP) is 1.76. The van der Waals surface area contributed by atoms with Crippen LogP contribution in [0.15, 0.2) is 41.6 Å². The maximum absolute atomic E-state index is 13.3. The number of rotatable bonds is 4. The lowest BCUT2D eigenvalue weighted by atomic mass is 10.3. The molecule has 2 heterocycles. The van der Waals surface area contributed by atoms with E-state index in [4.69, 9.17) is 11.6 Å². The van der Waals surface area contributed by atoms with Gasteiger partial charge in [-0.05, 0) is 24.3 Å². The first-order chi connectivity index (χ1) is 12.8. The Hall–Kier alpha value is -2.23. The van der Waals surface area contributed by atoms with Gasteiger partial charge >= 0.3 is 0 Å². The molecule has 0 spiro atoms. The second-order valence-electron chi connectivity index (χ2n) is 6.09. The van der Waals surface area contributed by atoms with Gasteiger partial charge in [-0.15, -0.1) is 0 Å². The minimum atomic E-state index is -3.79. The molecular formula is C17H18ClFN4O3S. The van der Waals surface area contributed by atoms with Crippen molar-refractivity contribution in [1.82, 2.24) is 19.0 Å². The zero-order valence-electron chi connectivity index (χ0n) is 14.5. The molecule has 0 aliphatic carbocycles. The Kier molecular flexibility index (Phi) is 5.64.